The molecule has 0 fully saturated rings. The summed E-state index contributed by atoms with van der Waals surface area (Å²) in [5.74, 6) is -1.41. The van der Waals surface area contributed by atoms with Crippen LogP contribution in [0.5, 0.6) is 0 Å². The van der Waals surface area contributed by atoms with Crippen molar-refractivity contribution in [3.8, 4) is 5.69 Å². The van der Waals surface area contributed by atoms with Crippen molar-refractivity contribution in [1.82, 2.24) is 13.9 Å². The van der Waals surface area contributed by atoms with Crippen LogP contribution in [0.15, 0.2) is 71.8 Å². The van der Waals surface area contributed by atoms with Gasteiger partial charge in [-0.05, 0) is 66.1 Å². The molecular formula is C24H19FN4O3. The molecule has 1 aliphatic heterocycles. The minimum atomic E-state index is -0.819. The molecule has 0 spiro atoms. The van der Waals surface area contributed by atoms with Gasteiger partial charge < -0.3 is 15.0 Å². The van der Waals surface area contributed by atoms with Crippen LogP contribution in [0.1, 0.15) is 32.0 Å². The Balaban J connectivity index is 1.57. The Kier molecular flexibility index (Phi) is 4.62. The van der Waals surface area contributed by atoms with Gasteiger partial charge in [0.2, 0.25) is 0 Å². The van der Waals surface area contributed by atoms with Crippen LogP contribution < -0.4 is 11.3 Å². The third kappa shape index (κ3) is 3.17. The molecule has 0 aliphatic carbocycles. The fraction of sp³-hybridized carbons (Fsp3) is 0.125. The maximum Gasteiger partial charge on any atom is 0.271 e. The second kappa shape index (κ2) is 7.49. The van der Waals surface area contributed by atoms with Crippen molar-refractivity contribution in [2.75, 3.05) is 6.54 Å². The van der Waals surface area contributed by atoms with E-state index in [1.165, 1.54) is 28.8 Å². The van der Waals surface area contributed by atoms with Gasteiger partial charge >= 0.3 is 0 Å². The average molecular weight is 430 g/mol. The molecule has 4 aromatic rings. The number of nitrogens with two attached hydrogens (primary N) is 1. The monoisotopic (exact) mass is 430 g/mol. The lowest BCUT2D eigenvalue weighted by molar-refractivity contribution is 0.0727. The molecule has 0 atom stereocenters. The quantitative estimate of drug-likeness (QED) is 0.542. The van der Waals surface area contributed by atoms with E-state index in [1.54, 1.807) is 17.2 Å². The molecule has 0 unspecified atom stereocenters. The van der Waals surface area contributed by atoms with Crippen molar-refractivity contribution in [3.63, 3.8) is 0 Å². The van der Waals surface area contributed by atoms with Gasteiger partial charge in [0.15, 0.2) is 0 Å². The van der Waals surface area contributed by atoms with E-state index in [2.05, 4.69) is 0 Å². The van der Waals surface area contributed by atoms with E-state index in [1.807, 2.05) is 34.9 Å². The van der Waals surface area contributed by atoms with Crippen LogP contribution in [-0.2, 0) is 13.0 Å². The summed E-state index contributed by atoms with van der Waals surface area (Å²) < 4.78 is 16.5. The second-order valence-electron chi connectivity index (χ2n) is 7.71. The van der Waals surface area contributed by atoms with Crippen LogP contribution in [-0.4, -0.2) is 32.2 Å². The van der Waals surface area contributed by atoms with Gasteiger partial charge in [0.1, 0.15) is 17.1 Å². The summed E-state index contributed by atoms with van der Waals surface area (Å²) in [6.45, 7) is 0.572. The van der Waals surface area contributed by atoms with E-state index in [9.17, 15) is 18.8 Å². The predicted octanol–water partition coefficient (Wildman–Crippen LogP) is 2.53. The van der Waals surface area contributed by atoms with E-state index in [0.717, 1.165) is 5.52 Å². The molecular weight excluding hydrogens is 411 g/mol. The van der Waals surface area contributed by atoms with Crippen LogP contribution in [0.3, 0.4) is 0 Å². The summed E-state index contributed by atoms with van der Waals surface area (Å²) in [5.41, 5.74) is 7.97. The lowest BCUT2D eigenvalue weighted by Gasteiger charge is -2.30. The molecule has 7 nitrogen and oxygen atoms in total. The van der Waals surface area contributed by atoms with Crippen molar-refractivity contribution >= 4 is 17.3 Å². The van der Waals surface area contributed by atoms with Crippen molar-refractivity contribution in [2.24, 2.45) is 5.73 Å². The van der Waals surface area contributed by atoms with Gasteiger partial charge in [-0.1, -0.05) is 6.07 Å². The normalized spacial score (nSPS) is 13.2. The lowest BCUT2D eigenvalue weighted by Crippen LogP contribution is -2.40. The summed E-state index contributed by atoms with van der Waals surface area (Å²) in [4.78, 5) is 40.1. The number of carbonyl (C=O) groups is 2. The number of halogens is 1. The Hall–Kier alpha value is -4.20. The van der Waals surface area contributed by atoms with Gasteiger partial charge in [-0.2, -0.15) is 0 Å². The van der Waals surface area contributed by atoms with Crippen LogP contribution >= 0.6 is 0 Å². The maximum absolute atomic E-state index is 13.4. The molecule has 2 amide bonds. The number of aromatic nitrogens is 2. The predicted molar refractivity (Wildman–Crippen MR) is 116 cm³/mol. The fourth-order valence-corrected chi connectivity index (χ4v) is 4.27. The van der Waals surface area contributed by atoms with Gasteiger partial charge in [0.25, 0.3) is 17.4 Å². The molecule has 1 aliphatic rings. The number of carbonyl (C=O) groups excluding carboxylic acids is 2. The first-order valence-corrected chi connectivity index (χ1v) is 10.1. The first-order chi connectivity index (χ1) is 15.4. The zero-order chi connectivity index (χ0) is 22.4. The number of primary amides is 1. The van der Waals surface area contributed by atoms with Gasteiger partial charge in [-0.25, -0.2) is 4.39 Å². The number of amides is 2. The van der Waals surface area contributed by atoms with E-state index < -0.39 is 17.3 Å². The van der Waals surface area contributed by atoms with E-state index >= 15 is 0 Å². The second-order valence-corrected chi connectivity index (χ2v) is 7.71. The summed E-state index contributed by atoms with van der Waals surface area (Å²) in [5, 5.41) is 0. The molecule has 160 valence electrons. The van der Waals surface area contributed by atoms with Gasteiger partial charge in [0.05, 0.1) is 0 Å². The van der Waals surface area contributed by atoms with Gasteiger partial charge in [0, 0.05) is 36.7 Å². The SMILES string of the molecule is NC(=O)c1c2c(cn(-c3ccc(F)cc3)c1=O)CN(C(=O)c1ccc3ccccn13)CC2. The van der Waals surface area contributed by atoms with Crippen molar-refractivity contribution in [2.45, 2.75) is 13.0 Å². The molecule has 5 rings (SSSR count). The van der Waals surface area contributed by atoms with Crippen molar-refractivity contribution < 1.29 is 14.0 Å². The Bertz CT molecular complexity index is 1440. The third-order valence-corrected chi connectivity index (χ3v) is 5.82. The highest BCUT2D eigenvalue weighted by Crippen LogP contribution is 2.24. The molecule has 0 saturated heterocycles. The van der Waals surface area contributed by atoms with E-state index in [4.69, 9.17) is 5.73 Å². The Morgan fingerprint density at radius 3 is 2.53 bits per heavy atom. The number of fused-ring (bicyclic) bond motifs is 2. The molecule has 3 aromatic heterocycles. The third-order valence-electron chi connectivity index (χ3n) is 5.82. The standard InChI is InChI=1S/C24H19FN4O3/c25-16-4-6-18(7-5-16)29-14-15-13-27(12-10-19(15)21(22(26)30)24(29)32)23(31)20-9-8-17-3-1-2-11-28(17)20/h1-9,11,14H,10,12-13H2,(H2,26,30). The van der Waals surface area contributed by atoms with E-state index in [-0.39, 0.29) is 18.0 Å². The molecule has 4 heterocycles. The molecule has 2 N–H and O–H groups in total. The number of hydrogen-bond acceptors (Lipinski definition) is 3. The minimum Gasteiger partial charge on any atom is -0.365 e. The fourth-order valence-electron chi connectivity index (χ4n) is 4.27. The largest absolute Gasteiger partial charge is 0.365 e. The number of hydrogen-bond donors (Lipinski definition) is 1. The number of pyridine rings is 2. The first kappa shape index (κ1) is 19.7. The molecule has 1 aromatic carbocycles. The van der Waals surface area contributed by atoms with Crippen LogP contribution in [0.2, 0.25) is 0 Å². The zero-order valence-electron chi connectivity index (χ0n) is 17.0. The summed E-state index contributed by atoms with van der Waals surface area (Å²) in [6, 6.07) is 14.7. The van der Waals surface area contributed by atoms with Crippen LogP contribution in [0, 0.1) is 5.82 Å². The molecule has 0 bridgehead atoms. The van der Waals surface area contributed by atoms with Crippen molar-refractivity contribution in [3.05, 3.63) is 106 Å². The maximum atomic E-state index is 13.4. The van der Waals surface area contributed by atoms with Crippen LogP contribution in [0.25, 0.3) is 11.2 Å². The smallest absolute Gasteiger partial charge is 0.271 e. The topological polar surface area (TPSA) is 89.8 Å². The molecule has 0 saturated carbocycles. The Labute approximate surface area is 182 Å². The molecule has 32 heavy (non-hydrogen) atoms. The number of rotatable bonds is 3. The highest BCUT2D eigenvalue weighted by atomic mass is 19.1. The summed E-state index contributed by atoms with van der Waals surface area (Å²) in [7, 11) is 0. The number of nitrogens with zero attached hydrogens (tertiary/aromatic N) is 3. The Morgan fingerprint density at radius 1 is 1.00 bits per heavy atom. The first-order valence-electron chi connectivity index (χ1n) is 10.1. The average Bonchev–Trinajstić information content (AvgIpc) is 3.22. The molecule has 0 radical (unpaired) electrons. The lowest BCUT2D eigenvalue weighted by atomic mass is 9.96. The molecule has 8 heteroatoms. The van der Waals surface area contributed by atoms with Crippen LogP contribution in [0.4, 0.5) is 4.39 Å². The Morgan fingerprint density at radius 2 is 1.78 bits per heavy atom. The number of benzene rings is 1. The highest BCUT2D eigenvalue weighted by Gasteiger charge is 2.28. The van der Waals surface area contributed by atoms with E-state index in [0.29, 0.717) is 35.5 Å². The minimum absolute atomic E-state index is 0.0907. The summed E-state index contributed by atoms with van der Waals surface area (Å²) in [6.07, 6.45) is 3.77. The zero-order valence-corrected chi connectivity index (χ0v) is 17.0. The van der Waals surface area contributed by atoms with Crippen molar-refractivity contribution in [1.29, 1.82) is 0 Å². The highest BCUT2D eigenvalue weighted by molar-refractivity contribution is 5.96. The summed E-state index contributed by atoms with van der Waals surface area (Å²) >= 11 is 0. The van der Waals surface area contributed by atoms with Gasteiger partial charge in [-0.3, -0.25) is 19.0 Å². The van der Waals surface area contributed by atoms with Gasteiger partial charge in [-0.15, -0.1) is 0 Å².